The van der Waals surface area contributed by atoms with Gasteiger partial charge in [0.15, 0.2) is 11.5 Å². The van der Waals surface area contributed by atoms with Crippen molar-refractivity contribution < 1.29 is 9.47 Å². The van der Waals surface area contributed by atoms with Crippen LogP contribution in [-0.4, -0.2) is 19.4 Å². The van der Waals surface area contributed by atoms with Crippen molar-refractivity contribution in [2.45, 2.75) is 50.6 Å². The van der Waals surface area contributed by atoms with Crippen LogP contribution in [0, 0.1) is 0 Å². The minimum Gasteiger partial charge on any atom is -0.454 e. The quantitative estimate of drug-likeness (QED) is 0.830. The summed E-state index contributed by atoms with van der Waals surface area (Å²) in [6.07, 6.45) is 7.93. The highest BCUT2D eigenvalue weighted by molar-refractivity contribution is 5.45. The Morgan fingerprint density at radius 1 is 1.10 bits per heavy atom. The summed E-state index contributed by atoms with van der Waals surface area (Å²) in [5.74, 6) is 1.67. The fourth-order valence-corrected chi connectivity index (χ4v) is 3.16. The summed E-state index contributed by atoms with van der Waals surface area (Å²) in [5.41, 5.74) is 7.17. The van der Waals surface area contributed by atoms with E-state index in [0.29, 0.717) is 19.4 Å². The van der Waals surface area contributed by atoms with Crippen LogP contribution >= 0.6 is 0 Å². The van der Waals surface area contributed by atoms with Gasteiger partial charge in [-0.05, 0) is 30.5 Å². The van der Waals surface area contributed by atoms with Gasteiger partial charge in [0, 0.05) is 18.6 Å². The Bertz CT molecular complexity index is 442. The summed E-state index contributed by atoms with van der Waals surface area (Å²) in [7, 11) is 0. The lowest BCUT2D eigenvalue weighted by atomic mass is 10.0. The first-order valence-electron chi connectivity index (χ1n) is 7.72. The van der Waals surface area contributed by atoms with Crippen molar-refractivity contribution in [3.8, 4) is 11.5 Å². The molecule has 2 aliphatic rings. The summed E-state index contributed by atoms with van der Waals surface area (Å²) < 4.78 is 10.8. The van der Waals surface area contributed by atoms with Gasteiger partial charge in [-0.15, -0.1) is 0 Å². The smallest absolute Gasteiger partial charge is 0.231 e. The maximum atomic E-state index is 5.97. The van der Waals surface area contributed by atoms with Gasteiger partial charge in [0.25, 0.3) is 0 Å². The average molecular weight is 276 g/mol. The van der Waals surface area contributed by atoms with E-state index in [4.69, 9.17) is 15.2 Å². The molecule has 110 valence electrons. The molecule has 0 aromatic heterocycles. The second-order valence-corrected chi connectivity index (χ2v) is 5.76. The highest BCUT2D eigenvalue weighted by Gasteiger charge is 2.20. The van der Waals surface area contributed by atoms with Crippen LogP contribution in [0.2, 0.25) is 0 Å². The van der Waals surface area contributed by atoms with Crippen molar-refractivity contribution in [3.05, 3.63) is 23.8 Å². The highest BCUT2D eigenvalue weighted by Crippen LogP contribution is 2.34. The molecule has 0 bridgehead atoms. The number of nitrogens with one attached hydrogen (secondary N) is 1. The van der Waals surface area contributed by atoms with E-state index < -0.39 is 0 Å². The van der Waals surface area contributed by atoms with Crippen LogP contribution in [0.3, 0.4) is 0 Å². The number of benzene rings is 1. The molecule has 1 aromatic carbocycles. The Labute approximate surface area is 120 Å². The van der Waals surface area contributed by atoms with E-state index in [1.165, 1.54) is 44.1 Å². The Morgan fingerprint density at radius 2 is 1.85 bits per heavy atom. The number of rotatable bonds is 4. The summed E-state index contributed by atoms with van der Waals surface area (Å²) in [6.45, 7) is 0.929. The molecule has 0 radical (unpaired) electrons. The lowest BCUT2D eigenvalue weighted by Crippen LogP contribution is -2.36. The van der Waals surface area contributed by atoms with E-state index in [-0.39, 0.29) is 6.04 Å². The molecular weight excluding hydrogens is 252 g/mol. The lowest BCUT2D eigenvalue weighted by Gasteiger charge is -2.24. The van der Waals surface area contributed by atoms with E-state index in [9.17, 15) is 0 Å². The number of hydrogen-bond acceptors (Lipinski definition) is 4. The number of ether oxygens (including phenoxy) is 2. The fourth-order valence-electron chi connectivity index (χ4n) is 3.16. The molecule has 3 N–H and O–H groups in total. The normalized spacial score (nSPS) is 20.6. The van der Waals surface area contributed by atoms with Crippen LogP contribution in [-0.2, 0) is 0 Å². The van der Waals surface area contributed by atoms with Crippen molar-refractivity contribution in [1.29, 1.82) is 0 Å². The van der Waals surface area contributed by atoms with Gasteiger partial charge in [0.1, 0.15) is 0 Å². The van der Waals surface area contributed by atoms with Crippen LogP contribution < -0.4 is 20.5 Å². The molecule has 1 aliphatic carbocycles. The third-order valence-electron chi connectivity index (χ3n) is 4.33. The molecule has 4 nitrogen and oxygen atoms in total. The zero-order chi connectivity index (χ0) is 13.8. The molecule has 1 aromatic rings. The van der Waals surface area contributed by atoms with Crippen molar-refractivity contribution >= 4 is 0 Å². The summed E-state index contributed by atoms with van der Waals surface area (Å²) >= 11 is 0. The average Bonchev–Trinajstić information content (AvgIpc) is 2.79. The summed E-state index contributed by atoms with van der Waals surface area (Å²) in [5, 5.41) is 3.73. The molecule has 3 rings (SSSR count). The molecule has 0 spiro atoms. The lowest BCUT2D eigenvalue weighted by molar-refractivity contribution is 0.174. The summed E-state index contributed by atoms with van der Waals surface area (Å²) in [4.78, 5) is 0. The van der Waals surface area contributed by atoms with Gasteiger partial charge in [0.05, 0.1) is 0 Å². The van der Waals surface area contributed by atoms with E-state index >= 15 is 0 Å². The van der Waals surface area contributed by atoms with Gasteiger partial charge in [-0.2, -0.15) is 0 Å². The zero-order valence-electron chi connectivity index (χ0n) is 11.9. The minimum absolute atomic E-state index is 0.201. The maximum absolute atomic E-state index is 5.97. The fraction of sp³-hybridized carbons (Fsp3) is 0.625. The number of hydrogen-bond donors (Lipinski definition) is 2. The molecule has 4 heteroatoms. The van der Waals surface area contributed by atoms with Gasteiger partial charge < -0.3 is 20.5 Å². The molecule has 1 saturated carbocycles. The van der Waals surface area contributed by atoms with Crippen LogP contribution in [0.25, 0.3) is 0 Å². The second-order valence-electron chi connectivity index (χ2n) is 5.76. The predicted octanol–water partition coefficient (Wildman–Crippen LogP) is 2.73. The van der Waals surface area contributed by atoms with Crippen LogP contribution in [0.1, 0.15) is 50.1 Å². The Morgan fingerprint density at radius 3 is 2.60 bits per heavy atom. The molecule has 1 aliphatic heterocycles. The van der Waals surface area contributed by atoms with Crippen LogP contribution in [0.15, 0.2) is 18.2 Å². The molecule has 0 saturated heterocycles. The van der Waals surface area contributed by atoms with E-state index in [2.05, 4.69) is 17.4 Å². The van der Waals surface area contributed by atoms with E-state index in [0.717, 1.165) is 11.5 Å². The third-order valence-corrected chi connectivity index (χ3v) is 4.33. The third kappa shape index (κ3) is 3.07. The van der Waals surface area contributed by atoms with Crippen molar-refractivity contribution in [2.75, 3.05) is 13.3 Å². The number of fused-ring (bicyclic) bond motifs is 1. The molecule has 0 amide bonds. The van der Waals surface area contributed by atoms with Gasteiger partial charge in [0.2, 0.25) is 6.79 Å². The summed E-state index contributed by atoms with van der Waals surface area (Å²) in [6, 6.07) is 6.93. The Hall–Kier alpha value is -1.26. The zero-order valence-corrected chi connectivity index (χ0v) is 11.9. The van der Waals surface area contributed by atoms with Gasteiger partial charge in [-0.25, -0.2) is 0 Å². The maximum Gasteiger partial charge on any atom is 0.231 e. The van der Waals surface area contributed by atoms with Gasteiger partial charge in [-0.1, -0.05) is 31.7 Å². The predicted molar refractivity (Wildman–Crippen MR) is 79.0 cm³/mol. The monoisotopic (exact) mass is 276 g/mol. The molecule has 1 heterocycles. The van der Waals surface area contributed by atoms with E-state index in [1.54, 1.807) is 0 Å². The van der Waals surface area contributed by atoms with Gasteiger partial charge in [-0.3, -0.25) is 0 Å². The largest absolute Gasteiger partial charge is 0.454 e. The van der Waals surface area contributed by atoms with E-state index in [1.807, 2.05) is 6.07 Å². The highest BCUT2D eigenvalue weighted by atomic mass is 16.7. The number of nitrogens with two attached hydrogens (primary N) is 1. The molecule has 20 heavy (non-hydrogen) atoms. The molecule has 1 atom stereocenters. The first-order chi connectivity index (χ1) is 9.86. The topological polar surface area (TPSA) is 56.5 Å². The van der Waals surface area contributed by atoms with Gasteiger partial charge >= 0.3 is 0 Å². The Balaban J connectivity index is 1.69. The standard InChI is InChI=1S/C16H24N2O2/c17-10-14(18-13-5-3-1-2-4-6-13)12-7-8-15-16(9-12)20-11-19-15/h7-9,13-14,18H,1-6,10-11,17H2. The second kappa shape index (κ2) is 6.46. The first-order valence-corrected chi connectivity index (χ1v) is 7.72. The molecule has 1 fully saturated rings. The minimum atomic E-state index is 0.201. The van der Waals surface area contributed by atoms with Crippen LogP contribution in [0.4, 0.5) is 0 Å². The van der Waals surface area contributed by atoms with Crippen molar-refractivity contribution in [1.82, 2.24) is 5.32 Å². The van der Waals surface area contributed by atoms with Crippen molar-refractivity contribution in [2.24, 2.45) is 5.73 Å². The first kappa shape index (κ1) is 13.7. The Kier molecular flexibility index (Phi) is 4.43. The van der Waals surface area contributed by atoms with Crippen molar-refractivity contribution in [3.63, 3.8) is 0 Å². The molecule has 1 unspecified atom stereocenters. The SMILES string of the molecule is NCC(NC1CCCCCC1)c1ccc2c(c1)OCO2. The van der Waals surface area contributed by atoms with Crippen LogP contribution in [0.5, 0.6) is 11.5 Å². The molecular formula is C16H24N2O2.